The number of hydrogen-bond donors (Lipinski definition) is 1. The Morgan fingerprint density at radius 2 is 1.91 bits per heavy atom. The first-order chi connectivity index (χ1) is 10.6. The zero-order chi connectivity index (χ0) is 15.5. The maximum atomic E-state index is 11.9. The van der Waals surface area contributed by atoms with Crippen molar-refractivity contribution in [2.24, 2.45) is 12.1 Å². The SMILES string of the molecule is Cn1cc(/C=N/NC(=O)c2ccc(Cl)cc2)c2ccccc21. The van der Waals surface area contributed by atoms with Crippen LogP contribution >= 0.6 is 11.6 Å². The molecule has 5 heteroatoms. The summed E-state index contributed by atoms with van der Waals surface area (Å²) in [5.74, 6) is -0.270. The van der Waals surface area contributed by atoms with E-state index < -0.39 is 0 Å². The molecule has 0 atom stereocenters. The zero-order valence-electron chi connectivity index (χ0n) is 12.0. The van der Waals surface area contributed by atoms with Crippen molar-refractivity contribution in [2.75, 3.05) is 0 Å². The second-order valence-electron chi connectivity index (χ2n) is 4.92. The molecular weight excluding hydrogens is 298 g/mol. The molecule has 0 spiro atoms. The minimum Gasteiger partial charge on any atom is -0.350 e. The number of halogens is 1. The normalized spacial score (nSPS) is 11.2. The molecule has 3 rings (SSSR count). The fourth-order valence-corrected chi connectivity index (χ4v) is 2.43. The third-order valence-electron chi connectivity index (χ3n) is 3.40. The summed E-state index contributed by atoms with van der Waals surface area (Å²) in [5.41, 5.74) is 5.10. The van der Waals surface area contributed by atoms with Crippen LogP contribution in [0.3, 0.4) is 0 Å². The molecule has 0 bridgehead atoms. The Hall–Kier alpha value is -2.59. The molecule has 110 valence electrons. The Morgan fingerprint density at radius 3 is 2.68 bits per heavy atom. The van der Waals surface area contributed by atoms with Crippen LogP contribution in [0.1, 0.15) is 15.9 Å². The number of aromatic nitrogens is 1. The lowest BCUT2D eigenvalue weighted by molar-refractivity contribution is 0.0955. The number of carbonyl (C=O) groups excluding carboxylic acids is 1. The zero-order valence-corrected chi connectivity index (χ0v) is 12.7. The summed E-state index contributed by atoms with van der Waals surface area (Å²) in [6, 6.07) is 14.7. The van der Waals surface area contributed by atoms with E-state index in [0.29, 0.717) is 10.6 Å². The van der Waals surface area contributed by atoms with Crippen molar-refractivity contribution < 1.29 is 4.79 Å². The number of para-hydroxylation sites is 1. The summed E-state index contributed by atoms with van der Waals surface area (Å²) in [6.07, 6.45) is 3.62. The number of hydrazone groups is 1. The van der Waals surface area contributed by atoms with Crippen LogP contribution in [0.5, 0.6) is 0 Å². The summed E-state index contributed by atoms with van der Waals surface area (Å²) in [5, 5.41) is 5.72. The molecule has 0 saturated carbocycles. The second-order valence-corrected chi connectivity index (χ2v) is 5.35. The monoisotopic (exact) mass is 311 g/mol. The van der Waals surface area contributed by atoms with Gasteiger partial charge in [0.05, 0.1) is 6.21 Å². The Kier molecular flexibility index (Phi) is 3.94. The molecule has 0 saturated heterocycles. The average Bonchev–Trinajstić information content (AvgIpc) is 2.85. The Balaban J connectivity index is 1.76. The van der Waals surface area contributed by atoms with E-state index in [0.717, 1.165) is 16.5 Å². The summed E-state index contributed by atoms with van der Waals surface area (Å²) in [7, 11) is 1.98. The third-order valence-corrected chi connectivity index (χ3v) is 3.66. The molecule has 0 fully saturated rings. The molecule has 2 aromatic carbocycles. The van der Waals surface area contributed by atoms with Crippen molar-refractivity contribution in [1.82, 2.24) is 9.99 Å². The summed E-state index contributed by atoms with van der Waals surface area (Å²) >= 11 is 5.79. The van der Waals surface area contributed by atoms with E-state index in [4.69, 9.17) is 11.6 Å². The lowest BCUT2D eigenvalue weighted by Gasteiger charge is -1.99. The van der Waals surface area contributed by atoms with Crippen molar-refractivity contribution in [3.05, 3.63) is 70.9 Å². The molecule has 1 heterocycles. The maximum Gasteiger partial charge on any atom is 0.271 e. The van der Waals surface area contributed by atoms with Gasteiger partial charge in [-0.2, -0.15) is 5.10 Å². The number of aryl methyl sites for hydroxylation is 1. The molecule has 1 aromatic heterocycles. The fourth-order valence-electron chi connectivity index (χ4n) is 2.30. The van der Waals surface area contributed by atoms with Gasteiger partial charge < -0.3 is 4.57 Å². The molecule has 0 aliphatic rings. The minimum absolute atomic E-state index is 0.270. The van der Waals surface area contributed by atoms with Crippen LogP contribution < -0.4 is 5.43 Å². The van der Waals surface area contributed by atoms with E-state index in [2.05, 4.69) is 10.5 Å². The standard InChI is InChI=1S/C17H14ClN3O/c1-21-11-13(15-4-2-3-5-16(15)21)10-19-20-17(22)12-6-8-14(18)9-7-12/h2-11H,1H3,(H,20,22)/b19-10+. The highest BCUT2D eigenvalue weighted by molar-refractivity contribution is 6.30. The van der Waals surface area contributed by atoms with Gasteiger partial charge >= 0.3 is 0 Å². The van der Waals surface area contributed by atoms with E-state index in [1.165, 1.54) is 0 Å². The molecule has 0 radical (unpaired) electrons. The average molecular weight is 312 g/mol. The predicted octanol–water partition coefficient (Wildman–Crippen LogP) is 3.60. The van der Waals surface area contributed by atoms with Crippen LogP contribution in [-0.2, 0) is 7.05 Å². The van der Waals surface area contributed by atoms with Crippen LogP contribution in [-0.4, -0.2) is 16.7 Å². The third kappa shape index (κ3) is 2.87. The van der Waals surface area contributed by atoms with Crippen LogP contribution in [0.25, 0.3) is 10.9 Å². The van der Waals surface area contributed by atoms with E-state index in [-0.39, 0.29) is 5.91 Å². The number of carbonyl (C=O) groups is 1. The van der Waals surface area contributed by atoms with E-state index in [9.17, 15) is 4.79 Å². The molecule has 1 amide bonds. The topological polar surface area (TPSA) is 46.4 Å². The van der Waals surface area contributed by atoms with Gasteiger partial charge in [0.15, 0.2) is 0 Å². The van der Waals surface area contributed by atoms with Gasteiger partial charge in [-0.25, -0.2) is 5.43 Å². The number of fused-ring (bicyclic) bond motifs is 1. The van der Waals surface area contributed by atoms with Gasteiger partial charge in [-0.1, -0.05) is 29.8 Å². The largest absolute Gasteiger partial charge is 0.350 e. The highest BCUT2D eigenvalue weighted by Crippen LogP contribution is 2.18. The predicted molar refractivity (Wildman–Crippen MR) is 89.4 cm³/mol. The Labute approximate surface area is 133 Å². The van der Waals surface area contributed by atoms with Gasteiger partial charge in [0.1, 0.15) is 0 Å². The lowest BCUT2D eigenvalue weighted by Crippen LogP contribution is -2.17. The fraction of sp³-hybridized carbons (Fsp3) is 0.0588. The maximum absolute atomic E-state index is 11.9. The summed E-state index contributed by atoms with van der Waals surface area (Å²) in [4.78, 5) is 11.9. The van der Waals surface area contributed by atoms with Gasteiger partial charge in [0, 0.05) is 40.3 Å². The minimum atomic E-state index is -0.270. The summed E-state index contributed by atoms with van der Waals surface area (Å²) < 4.78 is 2.03. The number of nitrogens with zero attached hydrogens (tertiary/aromatic N) is 2. The number of benzene rings is 2. The number of amides is 1. The molecule has 3 aromatic rings. The van der Waals surface area contributed by atoms with Crippen molar-refractivity contribution in [1.29, 1.82) is 0 Å². The lowest BCUT2D eigenvalue weighted by atomic mass is 10.2. The number of hydrogen-bond acceptors (Lipinski definition) is 2. The van der Waals surface area contributed by atoms with Crippen molar-refractivity contribution >= 4 is 34.6 Å². The van der Waals surface area contributed by atoms with Gasteiger partial charge in [-0.05, 0) is 30.3 Å². The van der Waals surface area contributed by atoms with E-state index in [1.807, 2.05) is 42.1 Å². The number of rotatable bonds is 3. The number of nitrogens with one attached hydrogen (secondary N) is 1. The van der Waals surface area contributed by atoms with Gasteiger partial charge in [0.2, 0.25) is 0 Å². The molecule has 0 aliphatic carbocycles. The van der Waals surface area contributed by atoms with E-state index in [1.54, 1.807) is 30.5 Å². The highest BCUT2D eigenvalue weighted by atomic mass is 35.5. The molecule has 4 nitrogen and oxygen atoms in total. The van der Waals surface area contributed by atoms with Crippen molar-refractivity contribution in [3.63, 3.8) is 0 Å². The van der Waals surface area contributed by atoms with Crippen molar-refractivity contribution in [3.8, 4) is 0 Å². The molecule has 1 N–H and O–H groups in total. The first kappa shape index (κ1) is 14.4. The smallest absolute Gasteiger partial charge is 0.271 e. The Bertz CT molecular complexity index is 850. The molecule has 0 aliphatic heterocycles. The molecule has 0 unspecified atom stereocenters. The van der Waals surface area contributed by atoms with Gasteiger partial charge in [0.25, 0.3) is 5.91 Å². The van der Waals surface area contributed by atoms with Crippen molar-refractivity contribution in [2.45, 2.75) is 0 Å². The molecular formula is C17H14ClN3O. The van der Waals surface area contributed by atoms with Crippen LogP contribution in [0.2, 0.25) is 5.02 Å². The van der Waals surface area contributed by atoms with E-state index >= 15 is 0 Å². The summed E-state index contributed by atoms with van der Waals surface area (Å²) in [6.45, 7) is 0. The van der Waals surface area contributed by atoms with Crippen LogP contribution in [0.15, 0.2) is 59.8 Å². The Morgan fingerprint density at radius 1 is 1.18 bits per heavy atom. The van der Waals surface area contributed by atoms with Crippen LogP contribution in [0, 0.1) is 0 Å². The second kappa shape index (κ2) is 6.03. The quantitative estimate of drug-likeness (QED) is 0.583. The van der Waals surface area contributed by atoms with Crippen LogP contribution in [0.4, 0.5) is 0 Å². The first-order valence-electron chi connectivity index (χ1n) is 6.78. The molecule has 22 heavy (non-hydrogen) atoms. The first-order valence-corrected chi connectivity index (χ1v) is 7.16. The van der Waals surface area contributed by atoms with Gasteiger partial charge in [-0.15, -0.1) is 0 Å². The highest BCUT2D eigenvalue weighted by Gasteiger charge is 2.05. The van der Waals surface area contributed by atoms with Gasteiger partial charge in [-0.3, -0.25) is 4.79 Å².